The van der Waals surface area contributed by atoms with E-state index < -0.39 is 0 Å². The van der Waals surface area contributed by atoms with Crippen LogP contribution in [-0.4, -0.2) is 23.9 Å². The van der Waals surface area contributed by atoms with Gasteiger partial charge in [-0.2, -0.15) is 0 Å². The monoisotopic (exact) mass is 330 g/mol. The molecule has 2 aromatic carbocycles. The van der Waals surface area contributed by atoms with Gasteiger partial charge in [-0.05, 0) is 42.4 Å². The van der Waals surface area contributed by atoms with Gasteiger partial charge in [0.2, 0.25) is 0 Å². The van der Waals surface area contributed by atoms with Crippen molar-refractivity contribution in [1.82, 2.24) is 10.2 Å². The first kappa shape index (κ1) is 17.5. The third kappa shape index (κ3) is 5.08. The standard InChI is InChI=1S/C19H23ClN2O/c1-3-22(4-2)14-17-9-6-5-8-16(17)13-21-19(23)15-10-7-11-18(20)12-15/h5-12H,3-4,13-14H2,1-2H3,(H,21,23). The van der Waals surface area contributed by atoms with Gasteiger partial charge < -0.3 is 5.32 Å². The lowest BCUT2D eigenvalue weighted by molar-refractivity contribution is 0.0950. The Bertz CT molecular complexity index is 653. The molecule has 0 heterocycles. The Labute approximate surface area is 143 Å². The zero-order chi connectivity index (χ0) is 16.7. The Morgan fingerprint density at radius 1 is 1.04 bits per heavy atom. The minimum atomic E-state index is -0.106. The number of hydrogen-bond acceptors (Lipinski definition) is 2. The highest BCUT2D eigenvalue weighted by atomic mass is 35.5. The highest BCUT2D eigenvalue weighted by Gasteiger charge is 2.09. The lowest BCUT2D eigenvalue weighted by atomic mass is 10.1. The highest BCUT2D eigenvalue weighted by Crippen LogP contribution is 2.13. The second-order valence-electron chi connectivity index (χ2n) is 5.42. The topological polar surface area (TPSA) is 32.3 Å². The van der Waals surface area contributed by atoms with Crippen LogP contribution in [0.5, 0.6) is 0 Å². The molecule has 1 amide bonds. The first-order valence-corrected chi connectivity index (χ1v) is 8.34. The molecule has 0 atom stereocenters. The van der Waals surface area contributed by atoms with Crippen molar-refractivity contribution in [2.75, 3.05) is 13.1 Å². The number of halogens is 1. The summed E-state index contributed by atoms with van der Waals surface area (Å²) in [6.07, 6.45) is 0. The quantitative estimate of drug-likeness (QED) is 0.828. The summed E-state index contributed by atoms with van der Waals surface area (Å²) in [6.45, 7) is 7.76. The van der Waals surface area contributed by atoms with Gasteiger partial charge >= 0.3 is 0 Å². The van der Waals surface area contributed by atoms with Gasteiger partial charge in [0, 0.05) is 23.7 Å². The maximum Gasteiger partial charge on any atom is 0.251 e. The van der Waals surface area contributed by atoms with Crippen LogP contribution in [-0.2, 0) is 13.1 Å². The van der Waals surface area contributed by atoms with Crippen molar-refractivity contribution in [2.45, 2.75) is 26.9 Å². The molecule has 1 N–H and O–H groups in total. The summed E-state index contributed by atoms with van der Waals surface area (Å²) in [4.78, 5) is 14.6. The second kappa shape index (κ2) is 8.70. The van der Waals surface area contributed by atoms with E-state index in [1.807, 2.05) is 12.1 Å². The molecule has 0 aliphatic carbocycles. The van der Waals surface area contributed by atoms with Crippen molar-refractivity contribution < 1.29 is 4.79 Å². The summed E-state index contributed by atoms with van der Waals surface area (Å²) in [6, 6.07) is 15.2. The summed E-state index contributed by atoms with van der Waals surface area (Å²) in [5.74, 6) is -0.106. The Kier molecular flexibility index (Phi) is 6.63. The molecule has 0 saturated heterocycles. The molecule has 0 aliphatic rings. The van der Waals surface area contributed by atoms with Gasteiger partial charge in [-0.15, -0.1) is 0 Å². The zero-order valence-electron chi connectivity index (χ0n) is 13.7. The molecule has 0 fully saturated rings. The van der Waals surface area contributed by atoms with E-state index >= 15 is 0 Å². The van der Waals surface area contributed by atoms with Crippen molar-refractivity contribution in [3.8, 4) is 0 Å². The largest absolute Gasteiger partial charge is 0.348 e. The minimum Gasteiger partial charge on any atom is -0.348 e. The number of hydrogen-bond donors (Lipinski definition) is 1. The van der Waals surface area contributed by atoms with Gasteiger partial charge in [-0.3, -0.25) is 9.69 Å². The summed E-state index contributed by atoms with van der Waals surface area (Å²) in [7, 11) is 0. The average molecular weight is 331 g/mol. The lowest BCUT2D eigenvalue weighted by Gasteiger charge is -2.20. The molecule has 0 spiro atoms. The van der Waals surface area contributed by atoms with E-state index in [0.717, 1.165) is 25.2 Å². The number of benzene rings is 2. The van der Waals surface area contributed by atoms with Crippen LogP contribution in [0.1, 0.15) is 35.3 Å². The number of nitrogens with zero attached hydrogens (tertiary/aromatic N) is 1. The maximum atomic E-state index is 12.2. The molecule has 0 aromatic heterocycles. The molecule has 0 aliphatic heterocycles. The summed E-state index contributed by atoms with van der Waals surface area (Å²) < 4.78 is 0. The third-order valence-corrected chi connectivity index (χ3v) is 4.17. The molecule has 2 rings (SSSR count). The second-order valence-corrected chi connectivity index (χ2v) is 5.86. The number of nitrogens with one attached hydrogen (secondary N) is 1. The van der Waals surface area contributed by atoms with Crippen molar-refractivity contribution in [2.24, 2.45) is 0 Å². The Morgan fingerprint density at radius 3 is 2.39 bits per heavy atom. The van der Waals surface area contributed by atoms with E-state index in [0.29, 0.717) is 17.1 Å². The fraction of sp³-hybridized carbons (Fsp3) is 0.316. The van der Waals surface area contributed by atoms with Crippen LogP contribution < -0.4 is 5.32 Å². The van der Waals surface area contributed by atoms with Crippen molar-refractivity contribution >= 4 is 17.5 Å². The fourth-order valence-corrected chi connectivity index (χ4v) is 2.67. The van der Waals surface area contributed by atoms with E-state index in [-0.39, 0.29) is 5.91 Å². The lowest BCUT2D eigenvalue weighted by Crippen LogP contribution is -2.26. The van der Waals surface area contributed by atoms with Crippen LogP contribution in [0.2, 0.25) is 5.02 Å². The number of amides is 1. The van der Waals surface area contributed by atoms with E-state index in [1.54, 1.807) is 24.3 Å². The normalized spacial score (nSPS) is 10.8. The van der Waals surface area contributed by atoms with Crippen molar-refractivity contribution in [3.05, 3.63) is 70.2 Å². The van der Waals surface area contributed by atoms with Crippen LogP contribution in [0.15, 0.2) is 48.5 Å². The molecular weight excluding hydrogens is 308 g/mol. The molecule has 3 nitrogen and oxygen atoms in total. The zero-order valence-corrected chi connectivity index (χ0v) is 14.4. The predicted molar refractivity (Wildman–Crippen MR) is 95.7 cm³/mol. The molecular formula is C19H23ClN2O. The molecule has 122 valence electrons. The first-order valence-electron chi connectivity index (χ1n) is 7.97. The molecule has 2 aromatic rings. The molecule has 4 heteroatoms. The van der Waals surface area contributed by atoms with Gasteiger partial charge in [-0.25, -0.2) is 0 Å². The molecule has 0 saturated carbocycles. The molecule has 0 radical (unpaired) electrons. The number of carbonyl (C=O) groups excluding carboxylic acids is 1. The molecule has 0 bridgehead atoms. The Balaban J connectivity index is 2.04. The van der Waals surface area contributed by atoms with Crippen LogP contribution in [0.3, 0.4) is 0 Å². The maximum absolute atomic E-state index is 12.2. The van der Waals surface area contributed by atoms with Crippen LogP contribution >= 0.6 is 11.6 Å². The minimum absolute atomic E-state index is 0.106. The van der Waals surface area contributed by atoms with Gasteiger partial charge in [0.05, 0.1) is 0 Å². The summed E-state index contributed by atoms with van der Waals surface area (Å²) in [5, 5.41) is 3.55. The van der Waals surface area contributed by atoms with Gasteiger partial charge in [-0.1, -0.05) is 55.8 Å². The van der Waals surface area contributed by atoms with E-state index in [9.17, 15) is 4.79 Å². The van der Waals surface area contributed by atoms with Crippen molar-refractivity contribution in [1.29, 1.82) is 0 Å². The van der Waals surface area contributed by atoms with Crippen LogP contribution in [0.25, 0.3) is 0 Å². The summed E-state index contributed by atoms with van der Waals surface area (Å²) >= 11 is 5.94. The smallest absolute Gasteiger partial charge is 0.251 e. The molecule has 0 unspecified atom stereocenters. The Morgan fingerprint density at radius 2 is 1.74 bits per heavy atom. The SMILES string of the molecule is CCN(CC)Cc1ccccc1CNC(=O)c1cccc(Cl)c1. The number of carbonyl (C=O) groups is 1. The van der Waals surface area contributed by atoms with E-state index in [1.165, 1.54) is 5.56 Å². The van der Waals surface area contributed by atoms with Crippen LogP contribution in [0, 0.1) is 0 Å². The van der Waals surface area contributed by atoms with E-state index in [4.69, 9.17) is 11.6 Å². The third-order valence-electron chi connectivity index (χ3n) is 3.93. The molecule has 23 heavy (non-hydrogen) atoms. The number of rotatable bonds is 7. The Hall–Kier alpha value is -1.84. The van der Waals surface area contributed by atoms with E-state index in [2.05, 4.69) is 36.2 Å². The van der Waals surface area contributed by atoms with Gasteiger partial charge in [0.25, 0.3) is 5.91 Å². The van der Waals surface area contributed by atoms with Crippen molar-refractivity contribution in [3.63, 3.8) is 0 Å². The summed E-state index contributed by atoms with van der Waals surface area (Å²) in [5.41, 5.74) is 2.98. The van der Waals surface area contributed by atoms with Crippen LogP contribution in [0.4, 0.5) is 0 Å². The highest BCUT2D eigenvalue weighted by molar-refractivity contribution is 6.30. The van der Waals surface area contributed by atoms with Gasteiger partial charge in [0.15, 0.2) is 0 Å². The average Bonchev–Trinajstić information content (AvgIpc) is 2.58. The van der Waals surface area contributed by atoms with Gasteiger partial charge in [0.1, 0.15) is 0 Å². The first-order chi connectivity index (χ1) is 11.1. The fourth-order valence-electron chi connectivity index (χ4n) is 2.48. The predicted octanol–water partition coefficient (Wildman–Crippen LogP) is 4.11.